The first kappa shape index (κ1) is 20.7. The van der Waals surface area contributed by atoms with Gasteiger partial charge >= 0.3 is 0 Å². The minimum atomic E-state index is -0.254. The van der Waals surface area contributed by atoms with Crippen molar-refractivity contribution >= 4 is 41.0 Å². The van der Waals surface area contributed by atoms with Crippen molar-refractivity contribution in [2.45, 2.75) is 6.61 Å². The van der Waals surface area contributed by atoms with Crippen LogP contribution < -0.4 is 15.5 Å². The minimum Gasteiger partial charge on any atom is -0.489 e. The van der Waals surface area contributed by atoms with Gasteiger partial charge < -0.3 is 10.1 Å². The number of hydrogen-bond donors (Lipinski definition) is 2. The molecular weight excluding hydrogens is 409 g/mol. The lowest BCUT2D eigenvalue weighted by molar-refractivity contribution is -0.119. The number of amides is 1. The molecule has 0 aliphatic carbocycles. The van der Waals surface area contributed by atoms with Crippen LogP contribution in [-0.4, -0.2) is 18.7 Å². The maximum absolute atomic E-state index is 11.8. The molecule has 0 saturated heterocycles. The summed E-state index contributed by atoms with van der Waals surface area (Å²) in [5, 5.41) is 8.27. The quantitative estimate of drug-likeness (QED) is 0.386. The van der Waals surface area contributed by atoms with Crippen molar-refractivity contribution in [1.82, 2.24) is 5.43 Å². The van der Waals surface area contributed by atoms with Gasteiger partial charge in [0.05, 0.1) is 12.8 Å². The van der Waals surface area contributed by atoms with E-state index >= 15 is 0 Å². The van der Waals surface area contributed by atoms with E-state index in [1.807, 2.05) is 48.5 Å². The zero-order valence-electron chi connectivity index (χ0n) is 15.4. The lowest BCUT2D eigenvalue weighted by Crippen LogP contribution is -2.25. The van der Waals surface area contributed by atoms with Crippen LogP contribution in [0.4, 0.5) is 5.69 Å². The second-order valence-electron chi connectivity index (χ2n) is 6.10. The molecule has 0 fully saturated rings. The third-order valence-electron chi connectivity index (χ3n) is 3.93. The average molecular weight is 428 g/mol. The first-order valence-electron chi connectivity index (χ1n) is 8.88. The molecule has 148 valence electrons. The fourth-order valence-electron chi connectivity index (χ4n) is 2.40. The normalized spacial score (nSPS) is 10.7. The summed E-state index contributed by atoms with van der Waals surface area (Å²) < 4.78 is 5.74. The van der Waals surface area contributed by atoms with Gasteiger partial charge in [0.1, 0.15) is 12.4 Å². The predicted molar refractivity (Wildman–Crippen MR) is 118 cm³/mol. The summed E-state index contributed by atoms with van der Waals surface area (Å²) in [5.41, 5.74) is 5.04. The molecule has 0 spiro atoms. The SMILES string of the molecule is O=C(CNc1ccc(Cl)cc1)N/N=C\c1ccc(OCc2ccccc2Cl)cc1. The number of halogens is 2. The summed E-state index contributed by atoms with van der Waals surface area (Å²) in [4.78, 5) is 11.8. The molecule has 3 aromatic carbocycles. The number of hydrazone groups is 1. The number of carbonyl (C=O) groups excluding carboxylic acids is 1. The van der Waals surface area contributed by atoms with E-state index in [1.54, 1.807) is 30.5 Å². The number of ether oxygens (including phenoxy) is 1. The van der Waals surface area contributed by atoms with Crippen molar-refractivity contribution in [2.24, 2.45) is 5.10 Å². The molecular formula is C22H19Cl2N3O2. The number of rotatable bonds is 8. The summed E-state index contributed by atoms with van der Waals surface area (Å²) in [7, 11) is 0. The molecule has 0 heterocycles. The summed E-state index contributed by atoms with van der Waals surface area (Å²) in [6, 6.07) is 22.0. The van der Waals surface area contributed by atoms with Gasteiger partial charge in [-0.1, -0.05) is 41.4 Å². The van der Waals surface area contributed by atoms with E-state index in [-0.39, 0.29) is 12.5 Å². The topological polar surface area (TPSA) is 62.7 Å². The molecule has 0 aliphatic heterocycles. The molecule has 1 amide bonds. The number of hydrogen-bond acceptors (Lipinski definition) is 4. The minimum absolute atomic E-state index is 0.105. The van der Waals surface area contributed by atoms with Gasteiger partial charge in [-0.25, -0.2) is 5.43 Å². The molecule has 3 rings (SSSR count). The van der Waals surface area contributed by atoms with Crippen molar-refractivity contribution in [3.63, 3.8) is 0 Å². The van der Waals surface area contributed by atoms with Crippen molar-refractivity contribution in [1.29, 1.82) is 0 Å². The van der Waals surface area contributed by atoms with Crippen molar-refractivity contribution < 1.29 is 9.53 Å². The lowest BCUT2D eigenvalue weighted by Gasteiger charge is -2.08. The zero-order valence-corrected chi connectivity index (χ0v) is 17.0. The predicted octanol–water partition coefficient (Wildman–Crippen LogP) is 5.13. The van der Waals surface area contributed by atoms with Crippen molar-refractivity contribution in [3.05, 3.63) is 94.0 Å². The first-order valence-corrected chi connectivity index (χ1v) is 9.63. The number of benzene rings is 3. The van der Waals surface area contributed by atoms with E-state index in [0.29, 0.717) is 16.7 Å². The van der Waals surface area contributed by atoms with E-state index in [0.717, 1.165) is 22.6 Å². The van der Waals surface area contributed by atoms with Gasteiger partial charge in [-0.15, -0.1) is 0 Å². The van der Waals surface area contributed by atoms with Gasteiger partial charge in [0.15, 0.2) is 0 Å². The van der Waals surface area contributed by atoms with E-state index in [9.17, 15) is 4.79 Å². The maximum atomic E-state index is 11.8. The van der Waals surface area contributed by atoms with Crippen molar-refractivity contribution in [3.8, 4) is 5.75 Å². The zero-order chi connectivity index (χ0) is 20.5. The molecule has 0 unspecified atom stereocenters. The monoisotopic (exact) mass is 427 g/mol. The van der Waals surface area contributed by atoms with Crippen LogP contribution in [0.25, 0.3) is 0 Å². The van der Waals surface area contributed by atoms with Gasteiger partial charge in [0.25, 0.3) is 5.91 Å². The second-order valence-corrected chi connectivity index (χ2v) is 6.95. The van der Waals surface area contributed by atoms with Gasteiger partial charge in [0, 0.05) is 21.3 Å². The summed E-state index contributed by atoms with van der Waals surface area (Å²) in [6.45, 7) is 0.498. The third kappa shape index (κ3) is 6.82. The maximum Gasteiger partial charge on any atom is 0.259 e. The number of nitrogens with zero attached hydrogens (tertiary/aromatic N) is 1. The Labute approximate surface area is 179 Å². The van der Waals surface area contributed by atoms with E-state index in [2.05, 4.69) is 15.8 Å². The summed E-state index contributed by atoms with van der Waals surface area (Å²) in [6.07, 6.45) is 1.57. The van der Waals surface area contributed by atoms with Crippen LogP contribution in [0, 0.1) is 0 Å². The number of nitrogens with one attached hydrogen (secondary N) is 2. The Hall–Kier alpha value is -3.02. The van der Waals surface area contributed by atoms with Gasteiger partial charge in [0.2, 0.25) is 0 Å². The Morgan fingerprint density at radius 3 is 2.41 bits per heavy atom. The van der Waals surface area contributed by atoms with Crippen molar-refractivity contribution in [2.75, 3.05) is 11.9 Å². The summed E-state index contributed by atoms with van der Waals surface area (Å²) in [5.74, 6) is 0.467. The van der Waals surface area contributed by atoms with E-state index < -0.39 is 0 Å². The molecule has 7 heteroatoms. The Kier molecular flexibility index (Phi) is 7.50. The molecule has 0 saturated carbocycles. The van der Waals surface area contributed by atoms with Gasteiger partial charge in [-0.2, -0.15) is 5.10 Å². The van der Waals surface area contributed by atoms with E-state index in [4.69, 9.17) is 27.9 Å². The average Bonchev–Trinajstić information content (AvgIpc) is 2.74. The highest BCUT2D eigenvalue weighted by Gasteiger charge is 2.01. The van der Waals surface area contributed by atoms with Crippen LogP contribution in [0.1, 0.15) is 11.1 Å². The van der Waals surface area contributed by atoms with E-state index in [1.165, 1.54) is 0 Å². The molecule has 0 bridgehead atoms. The molecule has 0 aromatic heterocycles. The summed E-state index contributed by atoms with van der Waals surface area (Å²) >= 11 is 11.9. The van der Waals surface area contributed by atoms with Crippen LogP contribution in [0.2, 0.25) is 10.0 Å². The van der Waals surface area contributed by atoms with Crippen LogP contribution in [0.3, 0.4) is 0 Å². The molecule has 5 nitrogen and oxygen atoms in total. The van der Waals surface area contributed by atoms with Gasteiger partial charge in [-0.05, 0) is 60.2 Å². The molecule has 2 N–H and O–H groups in total. The van der Waals surface area contributed by atoms with Crippen LogP contribution >= 0.6 is 23.2 Å². The molecule has 0 atom stereocenters. The Bertz CT molecular complexity index is 974. The molecule has 0 radical (unpaired) electrons. The van der Waals surface area contributed by atoms with Gasteiger partial charge in [-0.3, -0.25) is 4.79 Å². The number of carbonyl (C=O) groups is 1. The Morgan fingerprint density at radius 1 is 0.966 bits per heavy atom. The highest BCUT2D eigenvalue weighted by molar-refractivity contribution is 6.31. The fourth-order valence-corrected chi connectivity index (χ4v) is 2.71. The largest absolute Gasteiger partial charge is 0.489 e. The van der Waals surface area contributed by atoms with Crippen LogP contribution in [0.15, 0.2) is 77.9 Å². The van der Waals surface area contributed by atoms with Crippen LogP contribution in [0.5, 0.6) is 5.75 Å². The number of anilines is 1. The third-order valence-corrected chi connectivity index (χ3v) is 4.55. The fraction of sp³-hybridized carbons (Fsp3) is 0.0909. The molecule has 0 aliphatic rings. The Morgan fingerprint density at radius 2 is 1.69 bits per heavy atom. The highest BCUT2D eigenvalue weighted by atomic mass is 35.5. The standard InChI is InChI=1S/C22H19Cl2N3O2/c23-18-7-9-19(10-8-18)25-14-22(28)27-26-13-16-5-11-20(12-6-16)29-15-17-3-1-2-4-21(17)24/h1-13,25H,14-15H2,(H,27,28)/b26-13-. The first-order chi connectivity index (χ1) is 14.1. The van der Waals surface area contributed by atoms with Crippen LogP contribution in [-0.2, 0) is 11.4 Å². The lowest BCUT2D eigenvalue weighted by atomic mass is 10.2. The Balaban J connectivity index is 1.42. The molecule has 3 aromatic rings. The molecule has 29 heavy (non-hydrogen) atoms. The highest BCUT2D eigenvalue weighted by Crippen LogP contribution is 2.18. The smallest absolute Gasteiger partial charge is 0.259 e. The second kappa shape index (κ2) is 10.5.